The summed E-state index contributed by atoms with van der Waals surface area (Å²) in [6.45, 7) is 10.3. The zero-order chi connectivity index (χ0) is 14.9. The summed E-state index contributed by atoms with van der Waals surface area (Å²) in [5, 5.41) is 14.0. The molecule has 0 aliphatic carbocycles. The van der Waals surface area contributed by atoms with Crippen molar-refractivity contribution >= 4 is 40.4 Å². The maximum atomic E-state index is 10.1. The Kier molecular flexibility index (Phi) is 4.58. The number of nitrogens with zero attached hydrogens (tertiary/aromatic N) is 2. The molecular weight excluding hydrogens is 297 g/mol. The summed E-state index contributed by atoms with van der Waals surface area (Å²) in [4.78, 5) is 6.48. The first-order valence-corrected chi connectivity index (χ1v) is 7.22. The summed E-state index contributed by atoms with van der Waals surface area (Å²) in [5.74, 6) is 0.734. The molecule has 1 aromatic carbocycles. The minimum atomic E-state index is -0.0584. The Bertz CT molecular complexity index is 584. The zero-order valence-corrected chi connectivity index (χ0v) is 13.0. The van der Waals surface area contributed by atoms with Gasteiger partial charge in [0.05, 0.1) is 16.6 Å². The summed E-state index contributed by atoms with van der Waals surface area (Å²) in [5.41, 5.74) is 1.75. The predicted octanol–water partition coefficient (Wildman–Crippen LogP) is 3.64. The van der Waals surface area contributed by atoms with E-state index in [1.54, 1.807) is 0 Å². The molecule has 6 heteroatoms. The molecule has 2 rings (SSSR count). The third-order valence-corrected chi connectivity index (χ3v) is 3.78. The van der Waals surface area contributed by atoms with Gasteiger partial charge in [-0.2, -0.15) is 0 Å². The number of phenols is 1. The van der Waals surface area contributed by atoms with Crippen LogP contribution in [0.25, 0.3) is 5.70 Å². The van der Waals surface area contributed by atoms with E-state index in [1.165, 1.54) is 6.07 Å². The molecule has 2 N–H and O–H groups in total. The molecule has 1 heterocycles. The van der Waals surface area contributed by atoms with Gasteiger partial charge in [0.15, 0.2) is 5.75 Å². The Balaban J connectivity index is 2.59. The SMILES string of the molecule is C=C1c2c(Cl)cc(Cl)c(O)c2N=C(CNCC)N1CC. The highest BCUT2D eigenvalue weighted by Crippen LogP contribution is 2.47. The smallest absolute Gasteiger partial charge is 0.160 e. The van der Waals surface area contributed by atoms with E-state index in [4.69, 9.17) is 23.2 Å². The molecule has 108 valence electrons. The summed E-state index contributed by atoms with van der Waals surface area (Å²) >= 11 is 12.2. The highest BCUT2D eigenvalue weighted by molar-refractivity contribution is 6.37. The maximum Gasteiger partial charge on any atom is 0.160 e. The molecule has 1 aromatic rings. The van der Waals surface area contributed by atoms with Crippen molar-refractivity contribution in [2.24, 2.45) is 4.99 Å². The number of phenolic OH excluding ortho intramolecular Hbond substituents is 1. The van der Waals surface area contributed by atoms with Gasteiger partial charge in [0, 0.05) is 17.8 Å². The standard InChI is InChI=1S/C14H17Cl2N3O/c1-4-17-7-11-18-13-12(8(3)19(11)5-2)9(15)6-10(16)14(13)20/h6,17,20H,3-5,7H2,1-2H3. The first-order chi connectivity index (χ1) is 9.51. The molecule has 20 heavy (non-hydrogen) atoms. The predicted molar refractivity (Wildman–Crippen MR) is 85.2 cm³/mol. The van der Waals surface area contributed by atoms with Crippen molar-refractivity contribution in [3.63, 3.8) is 0 Å². The fourth-order valence-electron chi connectivity index (χ4n) is 2.21. The van der Waals surface area contributed by atoms with Gasteiger partial charge in [-0.1, -0.05) is 36.7 Å². The van der Waals surface area contributed by atoms with Crippen LogP contribution in [0, 0.1) is 0 Å². The number of aliphatic imine (C=N–C) groups is 1. The van der Waals surface area contributed by atoms with Crippen molar-refractivity contribution in [3.05, 3.63) is 28.3 Å². The largest absolute Gasteiger partial charge is 0.504 e. The van der Waals surface area contributed by atoms with Gasteiger partial charge in [-0.05, 0) is 19.5 Å². The second-order valence-electron chi connectivity index (χ2n) is 4.41. The second-order valence-corrected chi connectivity index (χ2v) is 5.23. The minimum Gasteiger partial charge on any atom is -0.504 e. The van der Waals surface area contributed by atoms with Crippen molar-refractivity contribution in [1.29, 1.82) is 0 Å². The van der Waals surface area contributed by atoms with E-state index in [-0.39, 0.29) is 10.8 Å². The van der Waals surface area contributed by atoms with Gasteiger partial charge >= 0.3 is 0 Å². The molecule has 0 bridgehead atoms. The number of benzene rings is 1. The molecule has 0 spiro atoms. The number of hydrogen-bond donors (Lipinski definition) is 2. The number of aromatic hydroxyl groups is 1. The highest BCUT2D eigenvalue weighted by atomic mass is 35.5. The fourth-order valence-corrected chi connectivity index (χ4v) is 2.77. The molecular formula is C14H17Cl2N3O. The number of nitrogens with one attached hydrogen (secondary N) is 1. The number of hydrogen-bond acceptors (Lipinski definition) is 4. The van der Waals surface area contributed by atoms with Gasteiger partial charge < -0.3 is 15.3 Å². The Morgan fingerprint density at radius 2 is 2.05 bits per heavy atom. The lowest BCUT2D eigenvalue weighted by Crippen LogP contribution is -2.38. The van der Waals surface area contributed by atoms with E-state index in [1.807, 2.05) is 18.7 Å². The first-order valence-electron chi connectivity index (χ1n) is 6.47. The van der Waals surface area contributed by atoms with E-state index in [2.05, 4.69) is 16.9 Å². The molecule has 0 atom stereocenters. The lowest BCUT2D eigenvalue weighted by molar-refractivity contribution is 0.475. The Morgan fingerprint density at radius 1 is 1.35 bits per heavy atom. The average Bonchev–Trinajstić information content (AvgIpc) is 2.41. The summed E-state index contributed by atoms with van der Waals surface area (Å²) in [6.07, 6.45) is 0. The van der Waals surface area contributed by atoms with E-state index in [0.717, 1.165) is 24.6 Å². The number of rotatable bonds is 4. The van der Waals surface area contributed by atoms with Crippen LogP contribution in [0.1, 0.15) is 19.4 Å². The average molecular weight is 314 g/mol. The van der Waals surface area contributed by atoms with Gasteiger partial charge in [0.1, 0.15) is 11.5 Å². The van der Waals surface area contributed by atoms with E-state index in [0.29, 0.717) is 22.8 Å². The second kappa shape index (κ2) is 6.04. The minimum absolute atomic E-state index is 0.0584. The van der Waals surface area contributed by atoms with Crippen molar-refractivity contribution in [1.82, 2.24) is 10.2 Å². The van der Waals surface area contributed by atoms with Crippen LogP contribution in [0.2, 0.25) is 10.0 Å². The Morgan fingerprint density at radius 3 is 2.65 bits per heavy atom. The topological polar surface area (TPSA) is 47.9 Å². The zero-order valence-electron chi connectivity index (χ0n) is 11.5. The van der Waals surface area contributed by atoms with Crippen LogP contribution in [-0.2, 0) is 0 Å². The van der Waals surface area contributed by atoms with Crippen LogP contribution < -0.4 is 5.32 Å². The van der Waals surface area contributed by atoms with Crippen molar-refractivity contribution in [2.75, 3.05) is 19.6 Å². The molecule has 0 aromatic heterocycles. The van der Waals surface area contributed by atoms with Crippen LogP contribution in [0.5, 0.6) is 5.75 Å². The van der Waals surface area contributed by atoms with Crippen molar-refractivity contribution in [3.8, 4) is 5.75 Å². The molecule has 0 unspecified atom stereocenters. The Hall–Kier alpha value is -1.23. The molecule has 0 saturated carbocycles. The lowest BCUT2D eigenvalue weighted by Gasteiger charge is -2.32. The lowest BCUT2D eigenvalue weighted by atomic mass is 10.1. The number of amidine groups is 1. The van der Waals surface area contributed by atoms with Crippen LogP contribution in [0.15, 0.2) is 17.6 Å². The molecule has 0 amide bonds. The van der Waals surface area contributed by atoms with Crippen LogP contribution in [0.3, 0.4) is 0 Å². The number of fused-ring (bicyclic) bond motifs is 1. The molecule has 0 fully saturated rings. The van der Waals surface area contributed by atoms with Gasteiger partial charge in [0.2, 0.25) is 0 Å². The van der Waals surface area contributed by atoms with Crippen LogP contribution in [0.4, 0.5) is 5.69 Å². The maximum absolute atomic E-state index is 10.1. The van der Waals surface area contributed by atoms with Crippen molar-refractivity contribution < 1.29 is 5.11 Å². The normalized spacial score (nSPS) is 14.3. The summed E-state index contributed by atoms with van der Waals surface area (Å²) < 4.78 is 0. The monoisotopic (exact) mass is 313 g/mol. The Labute approximate surface area is 128 Å². The van der Waals surface area contributed by atoms with E-state index < -0.39 is 0 Å². The number of halogens is 2. The fraction of sp³-hybridized carbons (Fsp3) is 0.357. The molecule has 1 aliphatic heterocycles. The first kappa shape index (κ1) is 15.2. The summed E-state index contributed by atoms with van der Waals surface area (Å²) in [6, 6.07) is 1.51. The summed E-state index contributed by atoms with van der Waals surface area (Å²) in [7, 11) is 0. The number of likely N-dealkylation sites (N-methyl/N-ethyl adjacent to an activating group) is 2. The quantitative estimate of drug-likeness (QED) is 0.892. The third kappa shape index (κ3) is 2.51. The van der Waals surface area contributed by atoms with E-state index in [9.17, 15) is 5.11 Å². The van der Waals surface area contributed by atoms with Gasteiger partial charge in [-0.25, -0.2) is 4.99 Å². The molecule has 1 aliphatic rings. The van der Waals surface area contributed by atoms with Gasteiger partial charge in [-0.15, -0.1) is 0 Å². The molecule has 0 saturated heterocycles. The van der Waals surface area contributed by atoms with Crippen LogP contribution in [-0.4, -0.2) is 35.5 Å². The van der Waals surface area contributed by atoms with Gasteiger partial charge in [0.25, 0.3) is 0 Å². The van der Waals surface area contributed by atoms with Crippen LogP contribution >= 0.6 is 23.2 Å². The third-order valence-electron chi connectivity index (χ3n) is 3.20. The molecule has 4 nitrogen and oxygen atoms in total. The molecule has 0 radical (unpaired) electrons. The van der Waals surface area contributed by atoms with E-state index >= 15 is 0 Å². The highest BCUT2D eigenvalue weighted by Gasteiger charge is 2.27. The van der Waals surface area contributed by atoms with Crippen molar-refractivity contribution in [2.45, 2.75) is 13.8 Å². The van der Waals surface area contributed by atoms with Gasteiger partial charge in [-0.3, -0.25) is 0 Å².